The average molecular weight is 216 g/mol. The molecule has 0 unspecified atom stereocenters. The van der Waals surface area contributed by atoms with Crippen molar-refractivity contribution < 1.29 is 21.0 Å². The molecule has 0 aliphatic carbocycles. The van der Waals surface area contributed by atoms with E-state index in [-0.39, 0.29) is 17.9 Å². The first-order valence-electron chi connectivity index (χ1n) is 3.23. The van der Waals surface area contributed by atoms with Crippen molar-refractivity contribution in [2.75, 3.05) is 24.9 Å². The molecule has 0 N–H and O–H groups in total. The summed E-state index contributed by atoms with van der Waals surface area (Å²) in [6.45, 7) is 0. The normalized spacial score (nSPS) is 13.2. The van der Waals surface area contributed by atoms with E-state index in [1.165, 1.54) is 0 Å². The van der Waals surface area contributed by atoms with E-state index < -0.39 is 20.0 Å². The van der Waals surface area contributed by atoms with Gasteiger partial charge < -0.3 is 0 Å². The van der Waals surface area contributed by atoms with Crippen molar-refractivity contribution in [1.82, 2.24) is 0 Å². The molecule has 7 heteroatoms. The topological polar surface area (TPSA) is 77.5 Å². The number of rotatable bonds is 5. The number of hydrogen-bond donors (Lipinski definition) is 0. The molecule has 74 valence electrons. The summed E-state index contributed by atoms with van der Waals surface area (Å²) >= 11 is 0. The second kappa shape index (κ2) is 4.20. The predicted octanol–water partition coefficient (Wildman–Crippen LogP) is -0.603. The van der Waals surface area contributed by atoms with Gasteiger partial charge in [0.2, 0.25) is 0 Å². The van der Waals surface area contributed by atoms with Gasteiger partial charge in [0.15, 0.2) is 0 Å². The highest BCUT2D eigenvalue weighted by Gasteiger charge is 2.10. The fourth-order valence-corrected chi connectivity index (χ4v) is 2.10. The van der Waals surface area contributed by atoms with E-state index >= 15 is 0 Å². The Kier molecular flexibility index (Phi) is 4.15. The van der Waals surface area contributed by atoms with Gasteiger partial charge in [0, 0.05) is 6.26 Å². The minimum Gasteiger partial charge on any atom is -0.273 e. The molecule has 0 aromatic heterocycles. The zero-order valence-corrected chi connectivity index (χ0v) is 8.61. The van der Waals surface area contributed by atoms with Crippen LogP contribution in [-0.4, -0.2) is 41.7 Å². The van der Waals surface area contributed by atoms with Crippen LogP contribution >= 0.6 is 0 Å². The summed E-state index contributed by atoms with van der Waals surface area (Å²) in [5, 5.41) is 0. The van der Waals surface area contributed by atoms with Gasteiger partial charge in [-0.2, -0.15) is 8.42 Å². The molecule has 0 aromatic rings. The molecule has 0 fully saturated rings. The van der Waals surface area contributed by atoms with Gasteiger partial charge in [-0.15, -0.1) is 0 Å². The fourth-order valence-electron chi connectivity index (χ4n) is 0.581. The van der Waals surface area contributed by atoms with Gasteiger partial charge >= 0.3 is 0 Å². The third-order valence-electron chi connectivity index (χ3n) is 1.16. The number of hydrogen-bond acceptors (Lipinski definition) is 5. The zero-order chi connectivity index (χ0) is 9.83. The van der Waals surface area contributed by atoms with Gasteiger partial charge in [-0.3, -0.25) is 4.18 Å². The quantitative estimate of drug-likeness (QED) is 0.573. The van der Waals surface area contributed by atoms with Crippen LogP contribution in [-0.2, 0) is 24.1 Å². The average Bonchev–Trinajstić information content (AvgIpc) is 1.84. The molecule has 0 amide bonds. The van der Waals surface area contributed by atoms with Crippen LogP contribution < -0.4 is 0 Å². The molecule has 0 aliphatic heterocycles. The van der Waals surface area contributed by atoms with Crippen LogP contribution in [0.15, 0.2) is 0 Å². The molecule has 0 aromatic carbocycles. The van der Waals surface area contributed by atoms with E-state index in [0.717, 1.165) is 13.4 Å². The van der Waals surface area contributed by atoms with E-state index in [0.29, 0.717) is 0 Å². The maximum absolute atomic E-state index is 10.7. The van der Waals surface area contributed by atoms with Gasteiger partial charge in [-0.25, -0.2) is 8.42 Å². The monoisotopic (exact) mass is 216 g/mol. The summed E-state index contributed by atoms with van der Waals surface area (Å²) in [5.74, 6) is -0.383. The lowest BCUT2D eigenvalue weighted by atomic mass is 10.6. The largest absolute Gasteiger partial charge is 0.273 e. The molecular formula is C5H12O5S2. The Balaban J connectivity index is 3.89. The van der Waals surface area contributed by atoms with Crippen molar-refractivity contribution in [1.29, 1.82) is 0 Å². The van der Waals surface area contributed by atoms with Gasteiger partial charge in [0.25, 0.3) is 10.1 Å². The molecule has 0 spiro atoms. The van der Waals surface area contributed by atoms with Crippen molar-refractivity contribution in [3.63, 3.8) is 0 Å². The first-order valence-corrected chi connectivity index (χ1v) is 6.87. The van der Waals surface area contributed by atoms with Crippen molar-refractivity contribution in [2.24, 2.45) is 0 Å². The summed E-state index contributed by atoms with van der Waals surface area (Å²) in [6.07, 6.45) is 1.14. The highest BCUT2D eigenvalue weighted by atomic mass is 32.2. The maximum Gasteiger partial charge on any atom is 0.267 e. The second-order valence-corrected chi connectivity index (χ2v) is 6.53. The van der Waals surface area contributed by atoms with E-state index in [4.69, 9.17) is 0 Å². The first kappa shape index (κ1) is 11.9. The minimum absolute atomic E-state index is 0.0784. The summed E-state index contributed by atoms with van der Waals surface area (Å²) in [6, 6.07) is 0. The predicted molar refractivity (Wildman–Crippen MR) is 45.1 cm³/mol. The lowest BCUT2D eigenvalue weighted by molar-refractivity contribution is 0.397. The SMILES string of the molecule is COS(=O)(=O)CCCS(C)(=O)=O. The third kappa shape index (κ3) is 6.56. The lowest BCUT2D eigenvalue weighted by Crippen LogP contribution is -2.12. The van der Waals surface area contributed by atoms with Gasteiger partial charge in [-0.1, -0.05) is 0 Å². The maximum atomic E-state index is 10.7. The molecule has 0 radical (unpaired) electrons. The summed E-state index contributed by atoms with van der Waals surface area (Å²) in [7, 11) is -5.53. The fraction of sp³-hybridized carbons (Fsp3) is 1.00. The van der Waals surface area contributed by atoms with Crippen LogP contribution in [0, 0.1) is 0 Å². The molecule has 0 heterocycles. The van der Waals surface area contributed by atoms with E-state index in [1.807, 2.05) is 0 Å². The molecule has 12 heavy (non-hydrogen) atoms. The minimum atomic E-state index is -3.51. The Morgan fingerprint density at radius 1 is 1.08 bits per heavy atom. The highest BCUT2D eigenvalue weighted by Crippen LogP contribution is 1.96. The van der Waals surface area contributed by atoms with Crippen LogP contribution in [0.1, 0.15) is 6.42 Å². The van der Waals surface area contributed by atoms with Crippen LogP contribution in [0.2, 0.25) is 0 Å². The Morgan fingerprint density at radius 2 is 1.58 bits per heavy atom. The van der Waals surface area contributed by atoms with Crippen LogP contribution in [0.4, 0.5) is 0 Å². The summed E-state index contributed by atoms with van der Waals surface area (Å²) in [5.41, 5.74) is 0. The molecule has 0 saturated heterocycles. The molecular weight excluding hydrogens is 204 g/mol. The summed E-state index contributed by atoms with van der Waals surface area (Å²) < 4.78 is 46.6. The number of sulfone groups is 1. The van der Waals surface area contributed by atoms with Crippen LogP contribution in [0.5, 0.6) is 0 Å². The third-order valence-corrected chi connectivity index (χ3v) is 3.49. The Hall–Kier alpha value is -0.140. The van der Waals surface area contributed by atoms with E-state index in [2.05, 4.69) is 4.18 Å². The Labute approximate surface area is 72.8 Å². The van der Waals surface area contributed by atoms with Crippen molar-refractivity contribution in [3.8, 4) is 0 Å². The highest BCUT2D eigenvalue weighted by molar-refractivity contribution is 7.90. The smallest absolute Gasteiger partial charge is 0.267 e. The summed E-state index contributed by atoms with van der Waals surface area (Å²) in [4.78, 5) is 0. The Bertz CT molecular complexity index is 312. The van der Waals surface area contributed by atoms with Gasteiger partial charge in [0.05, 0.1) is 18.6 Å². The standard InChI is InChI=1S/C5H12O5S2/c1-10-12(8,9)5-3-4-11(2,6)7/h3-5H2,1-2H3. The first-order chi connectivity index (χ1) is 5.27. The van der Waals surface area contributed by atoms with E-state index in [9.17, 15) is 16.8 Å². The zero-order valence-electron chi connectivity index (χ0n) is 6.98. The molecule has 0 bridgehead atoms. The van der Waals surface area contributed by atoms with Crippen LogP contribution in [0.3, 0.4) is 0 Å². The van der Waals surface area contributed by atoms with Crippen LogP contribution in [0.25, 0.3) is 0 Å². The van der Waals surface area contributed by atoms with Crippen molar-refractivity contribution >= 4 is 20.0 Å². The van der Waals surface area contributed by atoms with Crippen molar-refractivity contribution in [2.45, 2.75) is 6.42 Å². The Morgan fingerprint density at radius 3 is 1.92 bits per heavy atom. The van der Waals surface area contributed by atoms with Crippen molar-refractivity contribution in [3.05, 3.63) is 0 Å². The lowest BCUT2D eigenvalue weighted by Gasteiger charge is -1.99. The molecule has 5 nitrogen and oxygen atoms in total. The van der Waals surface area contributed by atoms with Gasteiger partial charge in [0.1, 0.15) is 9.84 Å². The molecule has 0 saturated carbocycles. The van der Waals surface area contributed by atoms with E-state index in [1.54, 1.807) is 0 Å². The molecule has 0 atom stereocenters. The van der Waals surface area contributed by atoms with Gasteiger partial charge in [-0.05, 0) is 6.42 Å². The molecule has 0 rings (SSSR count). The molecule has 0 aliphatic rings. The second-order valence-electron chi connectivity index (χ2n) is 2.41.